The highest BCUT2D eigenvalue weighted by atomic mass is 16.6. The third kappa shape index (κ3) is 2.74. The van der Waals surface area contributed by atoms with Crippen LogP contribution < -0.4 is 0 Å². The molecule has 0 saturated carbocycles. The molecule has 0 unspecified atom stereocenters. The number of carbonyl (C=O) groups is 4. The molecule has 0 atom stereocenters. The summed E-state index contributed by atoms with van der Waals surface area (Å²) in [7, 11) is 0. The van der Waals surface area contributed by atoms with Crippen LogP contribution >= 0.6 is 0 Å². The van der Waals surface area contributed by atoms with Crippen molar-refractivity contribution in [2.24, 2.45) is 0 Å². The summed E-state index contributed by atoms with van der Waals surface area (Å²) in [6.07, 6.45) is 0. The van der Waals surface area contributed by atoms with Crippen LogP contribution in [-0.2, 0) is 9.47 Å². The van der Waals surface area contributed by atoms with Gasteiger partial charge in [0.2, 0.25) is 0 Å². The average molecular weight is 510 g/mol. The number of amides is 4. The number of fused-ring (bicyclic) bond motifs is 2. The van der Waals surface area contributed by atoms with E-state index in [1.165, 1.54) is 0 Å². The fourth-order valence-electron chi connectivity index (χ4n) is 5.87. The Morgan fingerprint density at radius 1 is 0.474 bits per heavy atom. The highest BCUT2D eigenvalue weighted by Crippen LogP contribution is 2.46. The first-order chi connectivity index (χ1) is 18.5. The lowest BCUT2D eigenvalue weighted by Crippen LogP contribution is -2.42. The number of carbonyl (C=O) groups excluding carboxylic acids is 4. The fraction of sp³-hybridized carbons (Fsp3) is 0.143. The molecule has 10 heteroatoms. The molecule has 0 spiro atoms. The number of ether oxygens (including phenoxy) is 2. The van der Waals surface area contributed by atoms with Crippen LogP contribution in [0.3, 0.4) is 0 Å². The van der Waals surface area contributed by atoms with Crippen molar-refractivity contribution in [3.8, 4) is 0 Å². The fourth-order valence-corrected chi connectivity index (χ4v) is 5.87. The minimum atomic E-state index is -0.626. The van der Waals surface area contributed by atoms with Crippen molar-refractivity contribution in [1.82, 2.24) is 9.80 Å². The van der Waals surface area contributed by atoms with E-state index in [0.29, 0.717) is 33.0 Å². The van der Waals surface area contributed by atoms with E-state index in [-0.39, 0.29) is 13.5 Å². The quantitative estimate of drug-likeness (QED) is 0.154. The Hall–Kier alpha value is -4.48. The number of benzene rings is 5. The van der Waals surface area contributed by atoms with Crippen LogP contribution in [0.2, 0.25) is 0 Å². The Balaban J connectivity index is 1.55. The van der Waals surface area contributed by atoms with Crippen molar-refractivity contribution in [2.45, 2.75) is 0 Å². The van der Waals surface area contributed by atoms with Gasteiger partial charge < -0.3 is 19.7 Å². The van der Waals surface area contributed by atoms with E-state index in [1.54, 1.807) is 24.3 Å². The lowest BCUT2D eigenvalue weighted by atomic mass is 9.82. The van der Waals surface area contributed by atoms with Gasteiger partial charge in [0, 0.05) is 33.0 Å². The summed E-state index contributed by atoms with van der Waals surface area (Å²) in [4.78, 5) is 54.9. The number of hydrogen-bond acceptors (Lipinski definition) is 8. The average Bonchev–Trinajstić information content (AvgIpc) is 2.93. The summed E-state index contributed by atoms with van der Waals surface area (Å²) in [5.41, 5.74) is 1.39. The Morgan fingerprint density at radius 2 is 0.763 bits per heavy atom. The van der Waals surface area contributed by atoms with Gasteiger partial charge in [0.1, 0.15) is 27.0 Å². The van der Waals surface area contributed by atoms with Crippen molar-refractivity contribution in [3.05, 3.63) is 70.8 Å². The summed E-state index contributed by atoms with van der Waals surface area (Å²) < 4.78 is 9.87. The Labute approximate surface area is 213 Å². The van der Waals surface area contributed by atoms with Gasteiger partial charge in [0.25, 0.3) is 23.6 Å². The summed E-state index contributed by atoms with van der Waals surface area (Å²) in [5.74, 6) is -2.07. The van der Waals surface area contributed by atoms with Gasteiger partial charge in [0.15, 0.2) is 0 Å². The molecule has 2 N–H and O–H groups in total. The maximum absolute atomic E-state index is 13.2. The molecule has 2 aliphatic heterocycles. The van der Waals surface area contributed by atoms with Gasteiger partial charge in [0.05, 0.1) is 0 Å². The molecule has 0 saturated heterocycles. The van der Waals surface area contributed by atoms with E-state index in [1.807, 2.05) is 24.3 Å². The van der Waals surface area contributed by atoms with Crippen molar-refractivity contribution >= 4 is 66.7 Å². The van der Waals surface area contributed by atoms with Crippen LogP contribution in [0, 0.1) is 0 Å². The molecule has 0 radical (unpaired) electrons. The molecular weight excluding hydrogens is 492 g/mol. The molecule has 2 aliphatic rings. The molecule has 38 heavy (non-hydrogen) atoms. The molecule has 4 amide bonds. The SMILES string of the molecule is O=C1c2ccc3c4ccc5c6c(ccc(c7ccc(c2c37)C(=O)N1COCO)c64)C(=O)N(COCO)C5=O. The van der Waals surface area contributed by atoms with Crippen molar-refractivity contribution in [2.75, 3.05) is 27.0 Å². The Morgan fingerprint density at radius 3 is 1.03 bits per heavy atom. The zero-order valence-electron chi connectivity index (χ0n) is 19.7. The predicted octanol–water partition coefficient (Wildman–Crippen LogP) is 2.78. The van der Waals surface area contributed by atoms with Crippen LogP contribution in [0.1, 0.15) is 41.4 Å². The second-order valence-electron chi connectivity index (χ2n) is 9.14. The highest BCUT2D eigenvalue weighted by Gasteiger charge is 2.36. The number of aliphatic hydroxyl groups excluding tert-OH is 2. The van der Waals surface area contributed by atoms with Gasteiger partial charge in [-0.3, -0.25) is 19.2 Å². The summed E-state index contributed by atoms with van der Waals surface area (Å²) in [6.45, 7) is -1.98. The second-order valence-corrected chi connectivity index (χ2v) is 9.14. The maximum Gasteiger partial charge on any atom is 0.263 e. The van der Waals surface area contributed by atoms with Gasteiger partial charge in [-0.2, -0.15) is 0 Å². The lowest BCUT2D eigenvalue weighted by Gasteiger charge is -2.29. The van der Waals surface area contributed by atoms with Gasteiger partial charge in [-0.15, -0.1) is 0 Å². The van der Waals surface area contributed by atoms with E-state index in [0.717, 1.165) is 42.1 Å². The van der Waals surface area contributed by atoms with Gasteiger partial charge in [-0.05, 0) is 56.6 Å². The number of hydrogen-bond donors (Lipinski definition) is 2. The number of imide groups is 2. The smallest absolute Gasteiger partial charge is 0.263 e. The zero-order chi connectivity index (χ0) is 26.3. The molecule has 7 rings (SSSR count). The van der Waals surface area contributed by atoms with Gasteiger partial charge in [-0.25, -0.2) is 9.80 Å². The molecule has 10 nitrogen and oxygen atoms in total. The van der Waals surface area contributed by atoms with E-state index >= 15 is 0 Å². The van der Waals surface area contributed by atoms with Crippen LogP contribution in [-0.4, -0.2) is 70.7 Å². The third-order valence-electron chi connectivity index (χ3n) is 7.43. The van der Waals surface area contributed by atoms with Crippen molar-refractivity contribution < 1.29 is 38.9 Å². The van der Waals surface area contributed by atoms with Crippen LogP contribution in [0.4, 0.5) is 0 Å². The molecular formula is C28H18N2O8. The highest BCUT2D eigenvalue weighted by molar-refractivity contribution is 6.41. The monoisotopic (exact) mass is 510 g/mol. The molecule has 5 aromatic carbocycles. The van der Waals surface area contributed by atoms with E-state index in [4.69, 9.17) is 19.7 Å². The second kappa shape index (κ2) is 8.01. The maximum atomic E-state index is 13.2. The first-order valence-electron chi connectivity index (χ1n) is 11.8. The minimum absolute atomic E-state index is 0.348. The van der Waals surface area contributed by atoms with E-state index in [2.05, 4.69) is 0 Å². The third-order valence-corrected chi connectivity index (χ3v) is 7.43. The molecule has 188 valence electrons. The summed E-state index contributed by atoms with van der Waals surface area (Å²) in [6, 6.07) is 13.9. The summed E-state index contributed by atoms with van der Waals surface area (Å²) in [5, 5.41) is 23.7. The molecule has 0 aliphatic carbocycles. The lowest BCUT2D eigenvalue weighted by molar-refractivity contribution is -0.0407. The van der Waals surface area contributed by atoms with Crippen LogP contribution in [0.25, 0.3) is 43.1 Å². The Bertz CT molecular complexity index is 1640. The van der Waals surface area contributed by atoms with Gasteiger partial charge >= 0.3 is 0 Å². The number of aliphatic hydroxyl groups is 2. The first-order valence-corrected chi connectivity index (χ1v) is 11.8. The molecule has 5 aromatic rings. The predicted molar refractivity (Wildman–Crippen MR) is 135 cm³/mol. The molecule has 0 fully saturated rings. The van der Waals surface area contributed by atoms with Crippen LogP contribution in [0.15, 0.2) is 48.5 Å². The first kappa shape index (κ1) is 22.7. The Kier molecular flexibility index (Phi) is 4.78. The topological polar surface area (TPSA) is 134 Å². The van der Waals surface area contributed by atoms with Crippen LogP contribution in [0.5, 0.6) is 0 Å². The summed E-state index contributed by atoms with van der Waals surface area (Å²) >= 11 is 0. The molecule has 0 bridgehead atoms. The van der Waals surface area contributed by atoms with Gasteiger partial charge in [-0.1, -0.05) is 24.3 Å². The largest absolute Gasteiger partial charge is 0.371 e. The standard InChI is InChI=1S/C28H18N2O8/c31-11-37-9-29-25(33)17-5-1-13-14-2-6-19-24-20(28(36)30(27(19)35)10-38-12-32)8-4-16(22(14)24)15-3-7-18(26(29)34)23(17)21(13)15/h1-8,31-32H,9-12H2. The van der Waals surface area contributed by atoms with Crippen molar-refractivity contribution in [1.29, 1.82) is 0 Å². The number of rotatable bonds is 6. The zero-order valence-corrected chi connectivity index (χ0v) is 19.7. The molecule has 0 aromatic heterocycles. The minimum Gasteiger partial charge on any atom is -0.371 e. The van der Waals surface area contributed by atoms with E-state index < -0.39 is 37.2 Å². The normalized spacial score (nSPS) is 15.3. The number of nitrogens with zero attached hydrogens (tertiary/aromatic N) is 2. The van der Waals surface area contributed by atoms with Crippen molar-refractivity contribution in [3.63, 3.8) is 0 Å². The van der Waals surface area contributed by atoms with E-state index in [9.17, 15) is 19.2 Å². The molecule has 2 heterocycles.